The Balaban J connectivity index is 2.08. The SMILES string of the molecule is CCCCC1(F)CCN[C@H](C(=O)N[C@H](C(C)C)[C@H]2O[C@H](SC)[C@H](O)[C@@H](O)[C@H]2O)C1. The number of thioether (sulfide) groups is 1. The summed E-state index contributed by atoms with van der Waals surface area (Å²) in [6, 6.07) is -1.25. The zero-order valence-corrected chi connectivity index (χ0v) is 18.6. The van der Waals surface area contributed by atoms with Crippen molar-refractivity contribution in [3.63, 3.8) is 0 Å². The first-order valence-corrected chi connectivity index (χ1v) is 11.9. The number of rotatable bonds is 8. The molecule has 0 aromatic rings. The van der Waals surface area contributed by atoms with E-state index in [-0.39, 0.29) is 18.2 Å². The standard InChI is InChI=1S/C20H37FN2O5S/c1-5-6-7-20(21)8-9-22-12(10-20)18(27)23-13(11(2)3)17-15(25)14(24)16(26)19(28-17)29-4/h11-17,19,22,24-26H,5-10H2,1-4H3,(H,23,27)/t12-,13+,14-,15+,16+,17+,19+,20?/m0/s1. The number of alkyl halides is 1. The number of aliphatic hydroxyl groups is 3. The van der Waals surface area contributed by atoms with E-state index < -0.39 is 47.6 Å². The molecular weight excluding hydrogens is 399 g/mol. The van der Waals surface area contributed by atoms with Crippen molar-refractivity contribution in [1.29, 1.82) is 0 Å². The Morgan fingerprint density at radius 2 is 2.00 bits per heavy atom. The molecule has 2 aliphatic heterocycles. The van der Waals surface area contributed by atoms with Crippen molar-refractivity contribution in [1.82, 2.24) is 10.6 Å². The van der Waals surface area contributed by atoms with Gasteiger partial charge in [-0.15, -0.1) is 11.8 Å². The number of hydrogen-bond donors (Lipinski definition) is 5. The fourth-order valence-electron chi connectivity index (χ4n) is 4.17. The van der Waals surface area contributed by atoms with Crippen molar-refractivity contribution in [2.45, 2.75) is 100 Å². The molecule has 1 unspecified atom stereocenters. The van der Waals surface area contributed by atoms with Crippen molar-refractivity contribution in [2.75, 3.05) is 12.8 Å². The summed E-state index contributed by atoms with van der Waals surface area (Å²) in [5.74, 6) is -0.443. The van der Waals surface area contributed by atoms with Crippen LogP contribution < -0.4 is 10.6 Å². The summed E-state index contributed by atoms with van der Waals surface area (Å²) in [4.78, 5) is 12.9. The highest BCUT2D eigenvalue weighted by atomic mass is 32.2. The molecule has 2 heterocycles. The summed E-state index contributed by atoms with van der Waals surface area (Å²) in [6.07, 6.45) is -0.409. The fourth-order valence-corrected chi connectivity index (χ4v) is 4.85. The lowest BCUT2D eigenvalue weighted by Crippen LogP contribution is -2.65. The number of halogens is 1. The van der Waals surface area contributed by atoms with Gasteiger partial charge in [-0.3, -0.25) is 4.79 Å². The number of hydrogen-bond acceptors (Lipinski definition) is 7. The van der Waals surface area contributed by atoms with Gasteiger partial charge in [0.2, 0.25) is 5.91 Å². The number of aliphatic hydroxyl groups excluding tert-OH is 3. The lowest BCUT2D eigenvalue weighted by atomic mass is 9.84. The molecule has 2 fully saturated rings. The minimum Gasteiger partial charge on any atom is -0.388 e. The number of ether oxygens (including phenoxy) is 1. The molecule has 0 aromatic carbocycles. The molecule has 29 heavy (non-hydrogen) atoms. The zero-order valence-electron chi connectivity index (χ0n) is 17.8. The van der Waals surface area contributed by atoms with E-state index in [1.54, 1.807) is 6.26 Å². The molecule has 0 radical (unpaired) electrons. The summed E-state index contributed by atoms with van der Waals surface area (Å²) < 4.78 is 21.0. The first kappa shape index (κ1) is 24.8. The van der Waals surface area contributed by atoms with Gasteiger partial charge in [0.15, 0.2) is 0 Å². The number of nitrogens with one attached hydrogen (secondary N) is 2. The second kappa shape index (κ2) is 10.7. The third kappa shape index (κ3) is 6.04. The molecule has 170 valence electrons. The minimum absolute atomic E-state index is 0.109. The zero-order chi connectivity index (χ0) is 21.8. The van der Waals surface area contributed by atoms with Gasteiger partial charge in [-0.2, -0.15) is 0 Å². The van der Waals surface area contributed by atoms with Crippen LogP contribution in [0, 0.1) is 5.92 Å². The molecule has 9 heteroatoms. The predicted octanol–water partition coefficient (Wildman–Crippen LogP) is 0.948. The molecule has 8 atom stereocenters. The van der Waals surface area contributed by atoms with Crippen LogP contribution in [0.15, 0.2) is 0 Å². The molecule has 1 amide bonds. The van der Waals surface area contributed by atoms with Gasteiger partial charge in [-0.25, -0.2) is 4.39 Å². The molecule has 2 aliphatic rings. The normalized spacial score (nSPS) is 39.3. The Labute approximate surface area is 177 Å². The van der Waals surface area contributed by atoms with Crippen LogP contribution in [0.2, 0.25) is 0 Å². The third-order valence-electron chi connectivity index (χ3n) is 6.05. The van der Waals surface area contributed by atoms with Gasteiger partial charge in [0.25, 0.3) is 0 Å². The van der Waals surface area contributed by atoms with Crippen LogP contribution in [0.4, 0.5) is 4.39 Å². The van der Waals surface area contributed by atoms with E-state index in [1.807, 2.05) is 20.8 Å². The molecule has 7 nitrogen and oxygen atoms in total. The Kier molecular flexibility index (Phi) is 9.18. The van der Waals surface area contributed by atoms with Crippen molar-refractivity contribution < 1.29 is 29.2 Å². The number of carbonyl (C=O) groups excluding carboxylic acids is 1. The van der Waals surface area contributed by atoms with Gasteiger partial charge in [-0.1, -0.05) is 33.6 Å². The summed E-state index contributed by atoms with van der Waals surface area (Å²) in [5, 5.41) is 36.8. The van der Waals surface area contributed by atoms with Crippen LogP contribution in [0.5, 0.6) is 0 Å². The minimum atomic E-state index is -1.37. The highest BCUT2D eigenvalue weighted by molar-refractivity contribution is 7.99. The van der Waals surface area contributed by atoms with Crippen molar-refractivity contribution in [2.24, 2.45) is 5.92 Å². The van der Waals surface area contributed by atoms with Gasteiger partial charge in [-0.05, 0) is 31.6 Å². The van der Waals surface area contributed by atoms with Crippen LogP contribution >= 0.6 is 11.8 Å². The van der Waals surface area contributed by atoms with Crippen LogP contribution in [-0.4, -0.2) is 81.6 Å². The molecule has 0 saturated carbocycles. The summed E-state index contributed by atoms with van der Waals surface area (Å²) in [6.45, 7) is 6.21. The smallest absolute Gasteiger partial charge is 0.237 e. The van der Waals surface area contributed by atoms with Gasteiger partial charge in [0, 0.05) is 6.42 Å². The van der Waals surface area contributed by atoms with Crippen molar-refractivity contribution in [3.05, 3.63) is 0 Å². The summed E-state index contributed by atoms with van der Waals surface area (Å²) in [5.41, 5.74) is -2.06. The molecule has 2 rings (SSSR count). The van der Waals surface area contributed by atoms with Crippen LogP contribution in [0.25, 0.3) is 0 Å². The molecule has 0 aliphatic carbocycles. The monoisotopic (exact) mass is 436 g/mol. The molecule has 0 spiro atoms. The van der Waals surface area contributed by atoms with Gasteiger partial charge >= 0.3 is 0 Å². The summed E-state index contributed by atoms with van der Waals surface area (Å²) in [7, 11) is 0. The molecular formula is C20H37FN2O5S. The Morgan fingerprint density at radius 1 is 1.31 bits per heavy atom. The number of carbonyl (C=O) groups is 1. The topological polar surface area (TPSA) is 111 Å². The Bertz CT molecular complexity index is 541. The van der Waals surface area contributed by atoms with E-state index in [1.165, 1.54) is 11.8 Å². The molecule has 0 bridgehead atoms. The second-order valence-corrected chi connectivity index (χ2v) is 9.61. The van der Waals surface area contributed by atoms with Gasteiger partial charge in [0.1, 0.15) is 35.5 Å². The van der Waals surface area contributed by atoms with E-state index in [4.69, 9.17) is 4.74 Å². The van der Waals surface area contributed by atoms with E-state index in [9.17, 15) is 20.1 Å². The van der Waals surface area contributed by atoms with Crippen molar-refractivity contribution in [3.8, 4) is 0 Å². The lowest BCUT2D eigenvalue weighted by molar-refractivity contribution is -0.208. The number of unbranched alkanes of at least 4 members (excludes halogenated alkanes) is 1. The fraction of sp³-hybridized carbons (Fsp3) is 0.950. The Morgan fingerprint density at radius 3 is 2.59 bits per heavy atom. The highest BCUT2D eigenvalue weighted by Gasteiger charge is 2.48. The van der Waals surface area contributed by atoms with Crippen molar-refractivity contribution >= 4 is 17.7 Å². The maximum absolute atomic E-state index is 15.1. The lowest BCUT2D eigenvalue weighted by Gasteiger charge is -2.44. The van der Waals surface area contributed by atoms with Crippen LogP contribution in [0.3, 0.4) is 0 Å². The van der Waals surface area contributed by atoms with Gasteiger partial charge in [0.05, 0.1) is 12.1 Å². The highest BCUT2D eigenvalue weighted by Crippen LogP contribution is 2.33. The maximum Gasteiger partial charge on any atom is 0.237 e. The van der Waals surface area contributed by atoms with E-state index in [2.05, 4.69) is 10.6 Å². The second-order valence-electron chi connectivity index (χ2n) is 8.67. The van der Waals surface area contributed by atoms with Gasteiger partial charge < -0.3 is 30.7 Å². The quantitative estimate of drug-likeness (QED) is 0.385. The average Bonchev–Trinajstić information content (AvgIpc) is 2.69. The van der Waals surface area contributed by atoms with Crippen LogP contribution in [0.1, 0.15) is 52.9 Å². The molecule has 2 saturated heterocycles. The first-order chi connectivity index (χ1) is 13.6. The average molecular weight is 437 g/mol. The third-order valence-corrected chi connectivity index (χ3v) is 6.90. The van der Waals surface area contributed by atoms with E-state index in [0.29, 0.717) is 19.4 Å². The number of amides is 1. The van der Waals surface area contributed by atoms with E-state index in [0.717, 1.165) is 12.8 Å². The first-order valence-electron chi connectivity index (χ1n) is 10.6. The van der Waals surface area contributed by atoms with E-state index >= 15 is 4.39 Å². The predicted molar refractivity (Wildman–Crippen MR) is 111 cm³/mol. The summed E-state index contributed by atoms with van der Waals surface area (Å²) >= 11 is 1.23. The maximum atomic E-state index is 15.1. The largest absolute Gasteiger partial charge is 0.388 e. The Hall–Kier alpha value is -0.450. The molecule has 0 aromatic heterocycles. The molecule has 5 N–H and O–H groups in total. The van der Waals surface area contributed by atoms with Crippen LogP contribution in [-0.2, 0) is 9.53 Å². The number of piperidine rings is 1.